The maximum Gasteiger partial charge on any atom is 0.262 e. The lowest BCUT2D eigenvalue weighted by Gasteiger charge is -2.15. The first-order valence-corrected chi connectivity index (χ1v) is 8.23. The Bertz CT molecular complexity index is 740. The molecule has 0 saturated carbocycles. The van der Waals surface area contributed by atoms with Crippen LogP contribution in [0.1, 0.15) is 27.2 Å². The third-order valence-electron chi connectivity index (χ3n) is 3.44. The van der Waals surface area contributed by atoms with Crippen molar-refractivity contribution in [2.45, 2.75) is 44.1 Å². The zero-order valence-electron chi connectivity index (χ0n) is 13.1. The topological polar surface area (TPSA) is 78.0 Å². The average Bonchev–Trinajstić information content (AvgIpc) is 2.46. The minimum atomic E-state index is -0.432. The van der Waals surface area contributed by atoms with E-state index < -0.39 is 11.2 Å². The van der Waals surface area contributed by atoms with Crippen molar-refractivity contribution in [3.63, 3.8) is 0 Å². The van der Waals surface area contributed by atoms with Crippen LogP contribution in [0, 0.1) is 5.92 Å². The first-order valence-electron chi connectivity index (χ1n) is 7.35. The lowest BCUT2D eigenvalue weighted by molar-refractivity contribution is -0.117. The van der Waals surface area contributed by atoms with Crippen LogP contribution in [-0.4, -0.2) is 20.7 Å². The number of hydrogen-bond donors (Lipinski definition) is 1. The number of benzene rings is 1. The molecule has 2 N–H and O–H groups in total. The number of primary amides is 1. The summed E-state index contributed by atoms with van der Waals surface area (Å²) in [6.45, 7) is 6.53. The molecule has 118 valence electrons. The summed E-state index contributed by atoms with van der Waals surface area (Å²) in [5.41, 5.74) is 5.91. The van der Waals surface area contributed by atoms with Crippen LogP contribution in [0.25, 0.3) is 10.9 Å². The van der Waals surface area contributed by atoms with E-state index in [0.717, 1.165) is 6.42 Å². The van der Waals surface area contributed by atoms with E-state index in [1.54, 1.807) is 17.6 Å². The molecular formula is C16H21N3O2S. The average molecular weight is 319 g/mol. The fourth-order valence-corrected chi connectivity index (χ4v) is 2.92. The van der Waals surface area contributed by atoms with Gasteiger partial charge in [0.25, 0.3) is 5.56 Å². The number of nitrogens with two attached hydrogens (primary N) is 1. The molecule has 0 radical (unpaired) electrons. The second kappa shape index (κ2) is 6.96. The van der Waals surface area contributed by atoms with Crippen molar-refractivity contribution in [3.05, 3.63) is 34.6 Å². The Kier molecular flexibility index (Phi) is 5.24. The summed E-state index contributed by atoms with van der Waals surface area (Å²) < 4.78 is 1.66. The van der Waals surface area contributed by atoms with Gasteiger partial charge in [0.05, 0.1) is 16.2 Å². The molecule has 1 atom stereocenters. The molecule has 1 aromatic heterocycles. The molecule has 5 nitrogen and oxygen atoms in total. The smallest absolute Gasteiger partial charge is 0.262 e. The van der Waals surface area contributed by atoms with Crippen LogP contribution in [0.2, 0.25) is 0 Å². The Hall–Kier alpha value is -1.82. The third-order valence-corrected chi connectivity index (χ3v) is 4.55. The Morgan fingerprint density at radius 2 is 2.00 bits per heavy atom. The van der Waals surface area contributed by atoms with Crippen molar-refractivity contribution in [1.82, 2.24) is 9.55 Å². The Labute approximate surface area is 133 Å². The van der Waals surface area contributed by atoms with Crippen LogP contribution in [0.5, 0.6) is 0 Å². The van der Waals surface area contributed by atoms with E-state index in [-0.39, 0.29) is 5.56 Å². The molecular weight excluding hydrogens is 298 g/mol. The van der Waals surface area contributed by atoms with Crippen LogP contribution in [0.15, 0.2) is 34.2 Å². The fourth-order valence-electron chi connectivity index (χ4n) is 2.04. The Balaban J connectivity index is 2.52. The third kappa shape index (κ3) is 3.68. The zero-order chi connectivity index (χ0) is 16.3. The summed E-state index contributed by atoms with van der Waals surface area (Å²) >= 11 is 1.24. The predicted octanol–water partition coefficient (Wildman–Crippen LogP) is 2.41. The molecule has 0 aliphatic rings. The quantitative estimate of drug-likeness (QED) is 0.655. The summed E-state index contributed by atoms with van der Waals surface area (Å²) in [5.74, 6) is 0.0626. The first kappa shape index (κ1) is 16.5. The number of rotatable bonds is 6. The van der Waals surface area contributed by atoms with Crippen LogP contribution < -0.4 is 11.3 Å². The standard InChI is InChI=1S/C16H21N3O2S/c1-10(2)8-9-19-15(21)12-6-4-5-7-13(12)18-16(19)22-11(3)14(17)20/h4-7,10-11H,8-9H2,1-3H3,(H2,17,20). The number of aromatic nitrogens is 2. The molecule has 0 aliphatic heterocycles. The van der Waals surface area contributed by atoms with Gasteiger partial charge in [0, 0.05) is 6.54 Å². The molecule has 1 amide bonds. The highest BCUT2D eigenvalue weighted by molar-refractivity contribution is 8.00. The number of amides is 1. The number of carbonyl (C=O) groups is 1. The number of thioether (sulfide) groups is 1. The van der Waals surface area contributed by atoms with Crippen LogP contribution >= 0.6 is 11.8 Å². The lowest BCUT2D eigenvalue weighted by Crippen LogP contribution is -2.27. The molecule has 1 unspecified atom stereocenters. The monoisotopic (exact) mass is 319 g/mol. The van der Waals surface area contributed by atoms with Crippen molar-refractivity contribution >= 4 is 28.6 Å². The molecule has 0 bridgehead atoms. The second-order valence-electron chi connectivity index (χ2n) is 5.71. The number of nitrogens with zero attached hydrogens (tertiary/aromatic N) is 2. The van der Waals surface area contributed by atoms with Gasteiger partial charge >= 0.3 is 0 Å². The van der Waals surface area contributed by atoms with E-state index in [9.17, 15) is 9.59 Å². The van der Waals surface area contributed by atoms with Gasteiger partial charge in [-0.3, -0.25) is 14.2 Å². The van der Waals surface area contributed by atoms with Crippen LogP contribution in [-0.2, 0) is 11.3 Å². The van der Waals surface area contributed by atoms with Crippen LogP contribution in [0.4, 0.5) is 0 Å². The summed E-state index contributed by atoms with van der Waals surface area (Å²) in [4.78, 5) is 28.6. The molecule has 6 heteroatoms. The van der Waals surface area contributed by atoms with Gasteiger partial charge in [0.15, 0.2) is 5.16 Å². The molecule has 0 fully saturated rings. The second-order valence-corrected chi connectivity index (χ2v) is 7.02. The Morgan fingerprint density at radius 1 is 1.32 bits per heavy atom. The van der Waals surface area contributed by atoms with Crippen molar-refractivity contribution in [3.8, 4) is 0 Å². The van der Waals surface area contributed by atoms with Gasteiger partial charge in [-0.25, -0.2) is 4.98 Å². The lowest BCUT2D eigenvalue weighted by atomic mass is 10.1. The predicted molar refractivity (Wildman–Crippen MR) is 90.0 cm³/mol. The number of hydrogen-bond acceptors (Lipinski definition) is 4. The molecule has 1 aromatic carbocycles. The first-order chi connectivity index (χ1) is 10.4. The van der Waals surface area contributed by atoms with E-state index in [0.29, 0.717) is 28.5 Å². The van der Waals surface area contributed by atoms with Crippen LogP contribution in [0.3, 0.4) is 0 Å². The molecule has 0 spiro atoms. The highest BCUT2D eigenvalue weighted by Crippen LogP contribution is 2.22. The van der Waals surface area contributed by atoms with Crippen molar-refractivity contribution in [2.75, 3.05) is 0 Å². The van der Waals surface area contributed by atoms with E-state index in [4.69, 9.17) is 5.73 Å². The number of fused-ring (bicyclic) bond motifs is 1. The zero-order valence-corrected chi connectivity index (χ0v) is 13.9. The van der Waals surface area contributed by atoms with Crippen molar-refractivity contribution in [2.24, 2.45) is 11.7 Å². The molecule has 0 aliphatic carbocycles. The van der Waals surface area contributed by atoms with Gasteiger partial charge < -0.3 is 5.73 Å². The molecule has 2 rings (SSSR count). The normalized spacial score (nSPS) is 12.7. The summed E-state index contributed by atoms with van der Waals surface area (Å²) in [5, 5.41) is 0.719. The number of para-hydroxylation sites is 1. The maximum absolute atomic E-state index is 12.7. The molecule has 1 heterocycles. The van der Waals surface area contributed by atoms with E-state index >= 15 is 0 Å². The SMILES string of the molecule is CC(C)CCn1c(SC(C)C(N)=O)nc2ccccc2c1=O. The van der Waals surface area contributed by atoms with E-state index in [2.05, 4.69) is 18.8 Å². The fraction of sp³-hybridized carbons (Fsp3) is 0.438. The highest BCUT2D eigenvalue weighted by atomic mass is 32.2. The largest absolute Gasteiger partial charge is 0.369 e. The van der Waals surface area contributed by atoms with Gasteiger partial charge in [-0.1, -0.05) is 37.7 Å². The van der Waals surface area contributed by atoms with Gasteiger partial charge in [0.1, 0.15) is 0 Å². The summed E-state index contributed by atoms with van der Waals surface area (Å²) in [6.07, 6.45) is 0.873. The van der Waals surface area contributed by atoms with Gasteiger partial charge in [0.2, 0.25) is 5.91 Å². The van der Waals surface area contributed by atoms with E-state index in [1.165, 1.54) is 11.8 Å². The van der Waals surface area contributed by atoms with Crippen molar-refractivity contribution < 1.29 is 4.79 Å². The molecule has 2 aromatic rings. The summed E-state index contributed by atoms with van der Waals surface area (Å²) in [7, 11) is 0. The van der Waals surface area contributed by atoms with Gasteiger partial charge in [-0.05, 0) is 31.4 Å². The van der Waals surface area contributed by atoms with Gasteiger partial charge in [-0.2, -0.15) is 0 Å². The Morgan fingerprint density at radius 3 is 2.64 bits per heavy atom. The van der Waals surface area contributed by atoms with Gasteiger partial charge in [-0.15, -0.1) is 0 Å². The highest BCUT2D eigenvalue weighted by Gasteiger charge is 2.17. The minimum Gasteiger partial charge on any atom is -0.369 e. The molecule has 0 saturated heterocycles. The van der Waals surface area contributed by atoms with E-state index in [1.807, 2.05) is 18.2 Å². The number of carbonyl (C=O) groups excluding carboxylic acids is 1. The maximum atomic E-state index is 12.7. The molecule has 22 heavy (non-hydrogen) atoms. The summed E-state index contributed by atoms with van der Waals surface area (Å²) in [6, 6.07) is 7.27. The van der Waals surface area contributed by atoms with Crippen molar-refractivity contribution in [1.29, 1.82) is 0 Å². The minimum absolute atomic E-state index is 0.0644.